The van der Waals surface area contributed by atoms with Crippen molar-refractivity contribution in [3.8, 4) is 5.82 Å². The molecular weight excluding hydrogens is 356 g/mol. The lowest BCUT2D eigenvalue weighted by molar-refractivity contribution is -0.133. The number of carbonyl (C=O) groups is 2. The van der Waals surface area contributed by atoms with Gasteiger partial charge in [0.15, 0.2) is 5.82 Å². The van der Waals surface area contributed by atoms with Gasteiger partial charge in [-0.2, -0.15) is 5.10 Å². The molecule has 4 rings (SSSR count). The first-order valence-electron chi connectivity index (χ1n) is 10.1. The summed E-state index contributed by atoms with van der Waals surface area (Å²) in [7, 11) is 0. The van der Waals surface area contributed by atoms with Gasteiger partial charge in [-0.05, 0) is 30.9 Å². The van der Waals surface area contributed by atoms with Crippen molar-refractivity contribution in [3.05, 3.63) is 36.5 Å². The molecule has 1 aliphatic carbocycles. The van der Waals surface area contributed by atoms with Crippen LogP contribution in [0, 0.1) is 5.92 Å². The molecule has 1 saturated heterocycles. The first-order chi connectivity index (χ1) is 13.7. The molecule has 0 atom stereocenters. The van der Waals surface area contributed by atoms with Crippen LogP contribution < -0.4 is 0 Å². The van der Waals surface area contributed by atoms with Gasteiger partial charge >= 0.3 is 0 Å². The molecule has 0 bridgehead atoms. The zero-order chi connectivity index (χ0) is 19.3. The van der Waals surface area contributed by atoms with Gasteiger partial charge in [0.2, 0.25) is 5.91 Å². The molecular formula is C20H26N6O2. The summed E-state index contributed by atoms with van der Waals surface area (Å²) in [6, 6.07) is 3.51. The summed E-state index contributed by atoms with van der Waals surface area (Å²) in [5, 5.41) is 4.03. The van der Waals surface area contributed by atoms with Crippen LogP contribution in [0.4, 0.5) is 0 Å². The summed E-state index contributed by atoms with van der Waals surface area (Å²) in [4.78, 5) is 37.2. The Morgan fingerprint density at radius 3 is 2.39 bits per heavy atom. The van der Waals surface area contributed by atoms with E-state index in [4.69, 9.17) is 0 Å². The van der Waals surface area contributed by atoms with Crippen molar-refractivity contribution >= 4 is 11.8 Å². The van der Waals surface area contributed by atoms with Crippen molar-refractivity contribution in [2.75, 3.05) is 26.2 Å². The fourth-order valence-corrected chi connectivity index (χ4v) is 4.08. The smallest absolute Gasteiger partial charge is 0.255 e. The third-order valence-corrected chi connectivity index (χ3v) is 5.76. The van der Waals surface area contributed by atoms with Crippen LogP contribution in [0.3, 0.4) is 0 Å². The van der Waals surface area contributed by atoms with E-state index in [1.54, 1.807) is 34.2 Å². The number of piperazine rings is 1. The van der Waals surface area contributed by atoms with Crippen LogP contribution in [-0.2, 0) is 4.79 Å². The lowest BCUT2D eigenvalue weighted by Crippen LogP contribution is -2.50. The SMILES string of the molecule is O=C(CC1CCCCC1)N1CCN(C(=O)c2ccc(-n3cncn3)nc2)CC1. The van der Waals surface area contributed by atoms with Crippen LogP contribution in [0.15, 0.2) is 31.0 Å². The van der Waals surface area contributed by atoms with Crippen molar-refractivity contribution in [1.29, 1.82) is 0 Å². The maximum absolute atomic E-state index is 12.7. The van der Waals surface area contributed by atoms with Crippen LogP contribution in [0.5, 0.6) is 0 Å². The van der Waals surface area contributed by atoms with Gasteiger partial charge in [-0.15, -0.1) is 0 Å². The van der Waals surface area contributed by atoms with Crippen LogP contribution in [-0.4, -0.2) is 67.5 Å². The summed E-state index contributed by atoms with van der Waals surface area (Å²) in [5.74, 6) is 1.37. The van der Waals surface area contributed by atoms with Gasteiger partial charge in [0, 0.05) is 38.8 Å². The Hall–Kier alpha value is -2.77. The standard InChI is InChI=1S/C20H26N6O2/c27-19(12-16-4-2-1-3-5-16)24-8-10-25(11-9-24)20(28)17-6-7-18(22-13-17)26-15-21-14-23-26/h6-7,13-16H,1-5,8-12H2. The average molecular weight is 382 g/mol. The summed E-state index contributed by atoms with van der Waals surface area (Å²) < 4.78 is 1.55. The van der Waals surface area contributed by atoms with E-state index in [0.29, 0.717) is 49.9 Å². The Kier molecular flexibility index (Phi) is 5.64. The minimum atomic E-state index is -0.0444. The van der Waals surface area contributed by atoms with Crippen molar-refractivity contribution in [2.24, 2.45) is 5.92 Å². The van der Waals surface area contributed by atoms with Gasteiger partial charge in [-0.1, -0.05) is 19.3 Å². The number of carbonyl (C=O) groups excluding carboxylic acids is 2. The molecule has 28 heavy (non-hydrogen) atoms. The molecule has 0 aromatic carbocycles. The number of hydrogen-bond acceptors (Lipinski definition) is 5. The summed E-state index contributed by atoms with van der Waals surface area (Å²) in [6.45, 7) is 2.36. The highest BCUT2D eigenvalue weighted by Crippen LogP contribution is 2.27. The van der Waals surface area contributed by atoms with E-state index in [-0.39, 0.29) is 11.8 Å². The van der Waals surface area contributed by atoms with Crippen LogP contribution in [0.2, 0.25) is 0 Å². The van der Waals surface area contributed by atoms with Gasteiger partial charge in [0.1, 0.15) is 12.7 Å². The van der Waals surface area contributed by atoms with Gasteiger partial charge in [-0.25, -0.2) is 14.6 Å². The molecule has 8 heteroatoms. The van der Waals surface area contributed by atoms with Crippen molar-refractivity contribution in [1.82, 2.24) is 29.5 Å². The molecule has 1 aliphatic heterocycles. The molecule has 0 radical (unpaired) electrons. The number of aromatic nitrogens is 4. The average Bonchev–Trinajstić information content (AvgIpc) is 3.29. The van der Waals surface area contributed by atoms with E-state index in [0.717, 1.165) is 0 Å². The van der Waals surface area contributed by atoms with Crippen molar-refractivity contribution in [3.63, 3.8) is 0 Å². The second-order valence-corrected chi connectivity index (χ2v) is 7.63. The summed E-state index contributed by atoms with van der Waals surface area (Å²) in [6.07, 6.45) is 11.4. The maximum Gasteiger partial charge on any atom is 0.255 e. The predicted molar refractivity (Wildman–Crippen MR) is 103 cm³/mol. The largest absolute Gasteiger partial charge is 0.339 e. The Morgan fingerprint density at radius 1 is 1.00 bits per heavy atom. The topological polar surface area (TPSA) is 84.2 Å². The molecule has 1 saturated carbocycles. The normalized spacial score (nSPS) is 18.3. The van der Waals surface area contributed by atoms with Gasteiger partial charge < -0.3 is 9.80 Å². The predicted octanol–water partition coefficient (Wildman–Crippen LogP) is 1.92. The molecule has 2 aromatic heterocycles. The Labute approximate surface area is 164 Å². The molecule has 2 aromatic rings. The first-order valence-corrected chi connectivity index (χ1v) is 10.1. The quantitative estimate of drug-likeness (QED) is 0.807. The number of pyridine rings is 1. The number of rotatable bonds is 4. The van der Waals surface area contributed by atoms with Crippen LogP contribution in [0.1, 0.15) is 48.9 Å². The fourth-order valence-electron chi connectivity index (χ4n) is 4.08. The molecule has 148 valence electrons. The number of hydrogen-bond donors (Lipinski definition) is 0. The maximum atomic E-state index is 12.7. The van der Waals surface area contributed by atoms with Crippen molar-refractivity contribution < 1.29 is 9.59 Å². The zero-order valence-corrected chi connectivity index (χ0v) is 16.0. The lowest BCUT2D eigenvalue weighted by atomic mass is 9.86. The zero-order valence-electron chi connectivity index (χ0n) is 16.0. The molecule has 0 spiro atoms. The van der Waals surface area contributed by atoms with E-state index in [2.05, 4.69) is 15.1 Å². The fraction of sp³-hybridized carbons (Fsp3) is 0.550. The van der Waals surface area contributed by atoms with E-state index in [1.807, 2.05) is 4.90 Å². The Balaban J connectivity index is 1.29. The Bertz CT molecular complexity index is 791. The number of nitrogens with zero attached hydrogens (tertiary/aromatic N) is 6. The summed E-state index contributed by atoms with van der Waals surface area (Å²) >= 11 is 0. The highest BCUT2D eigenvalue weighted by Gasteiger charge is 2.27. The minimum absolute atomic E-state index is 0.0444. The highest BCUT2D eigenvalue weighted by molar-refractivity contribution is 5.94. The van der Waals surface area contributed by atoms with Crippen LogP contribution in [0.25, 0.3) is 5.82 Å². The minimum Gasteiger partial charge on any atom is -0.339 e. The third kappa shape index (κ3) is 4.21. The first kappa shape index (κ1) is 18.6. The van der Waals surface area contributed by atoms with E-state index in [9.17, 15) is 9.59 Å². The van der Waals surface area contributed by atoms with E-state index >= 15 is 0 Å². The highest BCUT2D eigenvalue weighted by atomic mass is 16.2. The molecule has 2 aliphatic rings. The van der Waals surface area contributed by atoms with E-state index < -0.39 is 0 Å². The molecule has 2 amide bonds. The molecule has 3 heterocycles. The third-order valence-electron chi connectivity index (χ3n) is 5.76. The molecule has 2 fully saturated rings. The number of amides is 2. The van der Waals surface area contributed by atoms with Gasteiger partial charge in [-0.3, -0.25) is 9.59 Å². The second kappa shape index (κ2) is 8.50. The molecule has 0 N–H and O–H groups in total. The lowest BCUT2D eigenvalue weighted by Gasteiger charge is -2.35. The molecule has 0 unspecified atom stereocenters. The van der Waals surface area contributed by atoms with E-state index in [1.165, 1.54) is 38.4 Å². The van der Waals surface area contributed by atoms with Crippen molar-refractivity contribution in [2.45, 2.75) is 38.5 Å². The van der Waals surface area contributed by atoms with Gasteiger partial charge in [0.25, 0.3) is 5.91 Å². The monoisotopic (exact) mass is 382 g/mol. The van der Waals surface area contributed by atoms with Crippen LogP contribution >= 0.6 is 0 Å². The summed E-state index contributed by atoms with van der Waals surface area (Å²) in [5.41, 5.74) is 0.547. The van der Waals surface area contributed by atoms with Gasteiger partial charge in [0.05, 0.1) is 5.56 Å². The Morgan fingerprint density at radius 2 is 1.75 bits per heavy atom. The second-order valence-electron chi connectivity index (χ2n) is 7.63. The molecule has 8 nitrogen and oxygen atoms in total.